The number of anilines is 1. The smallest absolute Gasteiger partial charge is 0.307 e. The maximum Gasteiger partial charge on any atom is 0.307 e. The van der Waals surface area contributed by atoms with E-state index in [-0.39, 0.29) is 17.0 Å². The summed E-state index contributed by atoms with van der Waals surface area (Å²) in [5, 5.41) is 5.75. The van der Waals surface area contributed by atoms with Crippen molar-refractivity contribution in [1.29, 1.82) is 0 Å². The summed E-state index contributed by atoms with van der Waals surface area (Å²) in [7, 11) is 1.23. The second-order valence-corrected chi connectivity index (χ2v) is 8.52. The first-order valence-electron chi connectivity index (χ1n) is 9.68. The van der Waals surface area contributed by atoms with Gasteiger partial charge in [0.15, 0.2) is 0 Å². The van der Waals surface area contributed by atoms with E-state index >= 15 is 0 Å². The first-order chi connectivity index (χ1) is 15.7. The first kappa shape index (κ1) is 24.3. The summed E-state index contributed by atoms with van der Waals surface area (Å²) in [6.07, 6.45) is -0.148. The largest absolute Gasteiger partial charge is 0.469 e. The number of hydrogen-bond donors (Lipinski definition) is 2. The Bertz CT molecular complexity index is 1200. The van der Waals surface area contributed by atoms with E-state index in [0.717, 1.165) is 23.5 Å². The van der Waals surface area contributed by atoms with E-state index in [0.29, 0.717) is 21.0 Å². The molecular formula is C23H19ClF2N2O4S. The lowest BCUT2D eigenvalue weighted by atomic mass is 10.0. The zero-order chi connectivity index (χ0) is 24.1. The maximum absolute atomic E-state index is 13.3. The molecule has 3 aromatic rings. The molecule has 0 saturated heterocycles. The zero-order valence-corrected chi connectivity index (χ0v) is 19.2. The van der Waals surface area contributed by atoms with E-state index in [1.54, 1.807) is 13.0 Å². The zero-order valence-electron chi connectivity index (χ0n) is 17.6. The molecule has 0 aliphatic heterocycles. The number of benzene rings is 2. The van der Waals surface area contributed by atoms with Crippen LogP contribution in [0, 0.1) is 18.6 Å². The summed E-state index contributed by atoms with van der Waals surface area (Å²) in [5.74, 6) is -2.58. The van der Waals surface area contributed by atoms with Crippen molar-refractivity contribution in [2.75, 3.05) is 12.4 Å². The highest BCUT2D eigenvalue weighted by molar-refractivity contribution is 7.18. The van der Waals surface area contributed by atoms with Crippen LogP contribution in [0.25, 0.3) is 0 Å². The number of methoxy groups -OCH3 is 1. The van der Waals surface area contributed by atoms with E-state index in [1.807, 2.05) is 0 Å². The molecule has 0 fully saturated rings. The molecule has 3 rings (SSSR count). The predicted octanol–water partition coefficient (Wildman–Crippen LogP) is 5.27. The van der Waals surface area contributed by atoms with Crippen LogP contribution in [0.2, 0.25) is 5.02 Å². The van der Waals surface area contributed by atoms with Crippen molar-refractivity contribution >= 4 is 45.7 Å². The number of carbonyl (C=O) groups excluding carboxylic acids is 3. The van der Waals surface area contributed by atoms with Crippen molar-refractivity contribution in [3.05, 3.63) is 86.8 Å². The summed E-state index contributed by atoms with van der Waals surface area (Å²) in [4.78, 5) is 37.6. The minimum absolute atomic E-state index is 0.0382. The molecule has 2 aromatic carbocycles. The lowest BCUT2D eigenvalue weighted by molar-refractivity contribution is -0.141. The van der Waals surface area contributed by atoms with Gasteiger partial charge in [0, 0.05) is 0 Å². The molecule has 2 N–H and O–H groups in total. The van der Waals surface area contributed by atoms with Crippen molar-refractivity contribution in [2.45, 2.75) is 19.4 Å². The molecule has 0 aliphatic carbocycles. The fraction of sp³-hybridized carbons (Fsp3) is 0.174. The number of aryl methyl sites for hydroxylation is 1. The molecule has 0 radical (unpaired) electrons. The molecule has 2 amide bonds. The minimum atomic E-state index is -0.747. The molecular weight excluding hydrogens is 474 g/mol. The number of amides is 2. The Morgan fingerprint density at radius 1 is 1.03 bits per heavy atom. The SMILES string of the molecule is COC(=O)CC(NC(=O)c1sc(NC(=O)c2ccc(F)cc2Cl)cc1C)c1ccc(F)cc1. The molecule has 1 aromatic heterocycles. The van der Waals surface area contributed by atoms with Crippen molar-refractivity contribution in [3.8, 4) is 0 Å². The number of rotatable bonds is 7. The third-order valence-electron chi connectivity index (χ3n) is 4.71. The van der Waals surface area contributed by atoms with Crippen LogP contribution in [-0.4, -0.2) is 24.9 Å². The van der Waals surface area contributed by atoms with Gasteiger partial charge in [0.25, 0.3) is 11.8 Å². The predicted molar refractivity (Wildman–Crippen MR) is 122 cm³/mol. The summed E-state index contributed by atoms with van der Waals surface area (Å²) in [6, 6.07) is 9.70. The number of halogens is 3. The van der Waals surface area contributed by atoms with Gasteiger partial charge < -0.3 is 15.4 Å². The Morgan fingerprint density at radius 2 is 1.70 bits per heavy atom. The fourth-order valence-corrected chi connectivity index (χ4v) is 4.27. The molecule has 1 atom stereocenters. The molecule has 1 heterocycles. The second kappa shape index (κ2) is 10.5. The van der Waals surface area contributed by atoms with Crippen LogP contribution >= 0.6 is 22.9 Å². The third-order valence-corrected chi connectivity index (χ3v) is 6.18. The summed E-state index contributed by atoms with van der Waals surface area (Å²) in [6.45, 7) is 1.69. The van der Waals surface area contributed by atoms with Crippen LogP contribution in [0.1, 0.15) is 43.6 Å². The van der Waals surface area contributed by atoms with Gasteiger partial charge in [-0.15, -0.1) is 11.3 Å². The fourth-order valence-electron chi connectivity index (χ4n) is 3.04. The lowest BCUT2D eigenvalue weighted by Gasteiger charge is -2.18. The highest BCUT2D eigenvalue weighted by Crippen LogP contribution is 2.29. The van der Waals surface area contributed by atoms with Gasteiger partial charge in [0.05, 0.1) is 40.0 Å². The highest BCUT2D eigenvalue weighted by atomic mass is 35.5. The normalized spacial score (nSPS) is 11.5. The van der Waals surface area contributed by atoms with Crippen molar-refractivity contribution < 1.29 is 27.9 Å². The van der Waals surface area contributed by atoms with Gasteiger partial charge in [-0.05, 0) is 54.4 Å². The van der Waals surface area contributed by atoms with Gasteiger partial charge in [-0.1, -0.05) is 23.7 Å². The van der Waals surface area contributed by atoms with Gasteiger partial charge in [-0.25, -0.2) is 8.78 Å². The molecule has 0 aliphatic rings. The second-order valence-electron chi connectivity index (χ2n) is 7.06. The van der Waals surface area contributed by atoms with Crippen molar-refractivity contribution in [2.24, 2.45) is 0 Å². The van der Waals surface area contributed by atoms with E-state index in [1.165, 1.54) is 37.4 Å². The van der Waals surface area contributed by atoms with Crippen LogP contribution in [0.3, 0.4) is 0 Å². The van der Waals surface area contributed by atoms with Gasteiger partial charge in [0.1, 0.15) is 11.6 Å². The molecule has 0 saturated carbocycles. The molecule has 6 nitrogen and oxygen atoms in total. The average molecular weight is 493 g/mol. The Balaban J connectivity index is 1.78. The summed E-state index contributed by atoms with van der Waals surface area (Å²) < 4.78 is 31.2. The van der Waals surface area contributed by atoms with Gasteiger partial charge in [-0.3, -0.25) is 14.4 Å². The molecule has 0 spiro atoms. The lowest BCUT2D eigenvalue weighted by Crippen LogP contribution is -2.30. The van der Waals surface area contributed by atoms with E-state index in [9.17, 15) is 23.2 Å². The van der Waals surface area contributed by atoms with Crippen LogP contribution in [0.5, 0.6) is 0 Å². The Morgan fingerprint density at radius 3 is 2.33 bits per heavy atom. The highest BCUT2D eigenvalue weighted by Gasteiger charge is 2.23. The Hall–Kier alpha value is -3.30. The van der Waals surface area contributed by atoms with Gasteiger partial charge in [0.2, 0.25) is 0 Å². The van der Waals surface area contributed by atoms with Crippen LogP contribution < -0.4 is 10.6 Å². The van der Waals surface area contributed by atoms with Crippen molar-refractivity contribution in [3.63, 3.8) is 0 Å². The number of esters is 1. The van der Waals surface area contributed by atoms with E-state index < -0.39 is 35.5 Å². The topological polar surface area (TPSA) is 84.5 Å². The number of hydrogen-bond acceptors (Lipinski definition) is 5. The summed E-state index contributed by atoms with van der Waals surface area (Å²) >= 11 is 6.96. The minimum Gasteiger partial charge on any atom is -0.469 e. The Labute approximate surface area is 197 Å². The van der Waals surface area contributed by atoms with E-state index in [2.05, 4.69) is 10.6 Å². The van der Waals surface area contributed by atoms with Crippen LogP contribution in [0.4, 0.5) is 13.8 Å². The monoisotopic (exact) mass is 492 g/mol. The Kier molecular flexibility index (Phi) is 7.78. The number of ether oxygens (including phenoxy) is 1. The van der Waals surface area contributed by atoms with E-state index in [4.69, 9.17) is 16.3 Å². The van der Waals surface area contributed by atoms with Crippen molar-refractivity contribution in [1.82, 2.24) is 5.32 Å². The first-order valence-corrected chi connectivity index (χ1v) is 10.9. The van der Waals surface area contributed by atoms with Crippen LogP contribution in [-0.2, 0) is 9.53 Å². The number of carbonyl (C=O) groups is 3. The molecule has 0 bridgehead atoms. The number of thiophene rings is 1. The van der Waals surface area contributed by atoms with Gasteiger partial charge >= 0.3 is 5.97 Å². The molecule has 1 unspecified atom stereocenters. The molecule has 33 heavy (non-hydrogen) atoms. The standard InChI is InChI=1S/C23H19ClF2N2O4S/c1-12-9-19(28-22(30)16-8-7-15(26)10-17(16)24)33-21(12)23(31)27-18(11-20(29)32-2)13-3-5-14(25)6-4-13/h3-10,18H,11H2,1-2H3,(H,27,31)(H,28,30). The molecule has 172 valence electrons. The van der Waals surface area contributed by atoms with Gasteiger partial charge in [-0.2, -0.15) is 0 Å². The quantitative estimate of drug-likeness (QED) is 0.440. The third kappa shape index (κ3) is 6.15. The molecule has 10 heteroatoms. The average Bonchev–Trinajstić information content (AvgIpc) is 3.13. The maximum atomic E-state index is 13.3. The number of nitrogens with one attached hydrogen (secondary N) is 2. The van der Waals surface area contributed by atoms with Crippen LogP contribution in [0.15, 0.2) is 48.5 Å². The summed E-state index contributed by atoms with van der Waals surface area (Å²) in [5.41, 5.74) is 1.21.